The zero-order chi connectivity index (χ0) is 14.6. The zero-order valence-corrected chi connectivity index (χ0v) is 11.8. The number of nitrogens with two attached hydrogens (primary N) is 1. The van der Waals surface area contributed by atoms with Gasteiger partial charge in [0.2, 0.25) is 0 Å². The SMILES string of the molecule is CCCOc1ccc(NS(=O)(=O)c2cn[nH]c2N)cc1. The van der Waals surface area contributed by atoms with Crippen LogP contribution in [0.1, 0.15) is 13.3 Å². The third-order valence-corrected chi connectivity index (χ3v) is 3.91. The van der Waals surface area contributed by atoms with Crippen LogP contribution < -0.4 is 15.2 Å². The number of nitrogens with one attached hydrogen (secondary N) is 2. The lowest BCUT2D eigenvalue weighted by atomic mass is 10.3. The van der Waals surface area contributed by atoms with Gasteiger partial charge in [-0.3, -0.25) is 9.82 Å². The maximum Gasteiger partial charge on any atom is 0.267 e. The second kappa shape index (κ2) is 5.83. The van der Waals surface area contributed by atoms with Gasteiger partial charge in [0.15, 0.2) is 0 Å². The second-order valence-electron chi connectivity index (χ2n) is 4.13. The van der Waals surface area contributed by atoms with E-state index in [1.54, 1.807) is 24.3 Å². The molecule has 1 aromatic carbocycles. The van der Waals surface area contributed by atoms with E-state index in [-0.39, 0.29) is 10.7 Å². The van der Waals surface area contributed by atoms with Gasteiger partial charge in [-0.25, -0.2) is 8.42 Å². The third-order valence-electron chi connectivity index (χ3n) is 2.50. The Morgan fingerprint density at radius 1 is 1.35 bits per heavy atom. The fraction of sp³-hybridized carbons (Fsp3) is 0.250. The summed E-state index contributed by atoms with van der Waals surface area (Å²) < 4.78 is 32.0. The van der Waals surface area contributed by atoms with Crippen molar-refractivity contribution in [1.82, 2.24) is 10.2 Å². The Morgan fingerprint density at radius 3 is 2.60 bits per heavy atom. The van der Waals surface area contributed by atoms with E-state index in [1.807, 2.05) is 6.92 Å². The lowest BCUT2D eigenvalue weighted by Crippen LogP contribution is -2.13. The highest BCUT2D eigenvalue weighted by Crippen LogP contribution is 2.21. The number of aromatic nitrogens is 2. The standard InChI is InChI=1S/C12H16N4O3S/c1-2-7-19-10-5-3-9(4-6-10)16-20(17,18)11-8-14-15-12(11)13/h3-6,8,16H,2,7H2,1H3,(H3,13,14,15). The normalized spacial score (nSPS) is 11.2. The molecule has 0 aliphatic carbocycles. The van der Waals surface area contributed by atoms with E-state index in [1.165, 1.54) is 0 Å². The van der Waals surface area contributed by atoms with Crippen LogP contribution in [0.15, 0.2) is 35.4 Å². The lowest BCUT2D eigenvalue weighted by molar-refractivity contribution is 0.317. The number of sulfonamides is 1. The highest BCUT2D eigenvalue weighted by atomic mass is 32.2. The molecule has 1 heterocycles. The summed E-state index contributed by atoms with van der Waals surface area (Å²) in [5.74, 6) is 0.693. The molecule has 2 aromatic rings. The zero-order valence-electron chi connectivity index (χ0n) is 11.0. The van der Waals surface area contributed by atoms with E-state index in [4.69, 9.17) is 10.5 Å². The van der Waals surface area contributed by atoms with Gasteiger partial charge in [-0.2, -0.15) is 5.10 Å². The first-order valence-corrected chi connectivity index (χ1v) is 7.56. The van der Waals surface area contributed by atoms with Crippen molar-refractivity contribution in [3.05, 3.63) is 30.5 Å². The van der Waals surface area contributed by atoms with Crippen molar-refractivity contribution >= 4 is 21.5 Å². The van der Waals surface area contributed by atoms with Gasteiger partial charge >= 0.3 is 0 Å². The fourth-order valence-electron chi connectivity index (χ4n) is 1.55. The largest absolute Gasteiger partial charge is 0.494 e. The van der Waals surface area contributed by atoms with E-state index in [0.717, 1.165) is 12.6 Å². The van der Waals surface area contributed by atoms with E-state index in [0.29, 0.717) is 18.0 Å². The van der Waals surface area contributed by atoms with Crippen molar-refractivity contribution in [2.24, 2.45) is 0 Å². The summed E-state index contributed by atoms with van der Waals surface area (Å²) in [5, 5.41) is 5.97. The number of H-pyrrole nitrogens is 1. The van der Waals surface area contributed by atoms with Crippen LogP contribution >= 0.6 is 0 Å². The van der Waals surface area contributed by atoms with Crippen LogP contribution in [-0.2, 0) is 10.0 Å². The first-order chi connectivity index (χ1) is 9.53. The number of ether oxygens (including phenoxy) is 1. The summed E-state index contributed by atoms with van der Waals surface area (Å²) in [4.78, 5) is -0.0798. The molecule has 0 atom stereocenters. The van der Waals surface area contributed by atoms with E-state index >= 15 is 0 Å². The molecule has 0 spiro atoms. The third kappa shape index (κ3) is 3.21. The molecule has 4 N–H and O–H groups in total. The number of rotatable bonds is 6. The van der Waals surface area contributed by atoms with Gasteiger partial charge in [0.25, 0.3) is 10.0 Å². The second-order valence-corrected chi connectivity index (χ2v) is 5.78. The van der Waals surface area contributed by atoms with Crippen molar-refractivity contribution in [1.29, 1.82) is 0 Å². The van der Waals surface area contributed by atoms with Gasteiger partial charge < -0.3 is 10.5 Å². The average molecular weight is 296 g/mol. The Labute approximate surface area is 117 Å². The number of nitrogen functional groups attached to an aromatic ring is 1. The molecule has 7 nitrogen and oxygen atoms in total. The Balaban J connectivity index is 2.12. The van der Waals surface area contributed by atoms with E-state index < -0.39 is 10.0 Å². The molecular formula is C12H16N4O3S. The average Bonchev–Trinajstić information content (AvgIpc) is 2.85. The van der Waals surface area contributed by atoms with Crippen LogP contribution in [-0.4, -0.2) is 25.2 Å². The first-order valence-electron chi connectivity index (χ1n) is 6.07. The van der Waals surface area contributed by atoms with Crippen molar-refractivity contribution in [3.63, 3.8) is 0 Å². The quantitative estimate of drug-likeness (QED) is 0.749. The number of hydrogen-bond donors (Lipinski definition) is 3. The predicted molar refractivity (Wildman–Crippen MR) is 76.0 cm³/mol. The summed E-state index contributed by atoms with van der Waals surface area (Å²) in [6.45, 7) is 2.63. The van der Waals surface area contributed by atoms with Crippen molar-refractivity contribution in [3.8, 4) is 5.75 Å². The lowest BCUT2D eigenvalue weighted by Gasteiger charge is -2.08. The molecule has 0 fully saturated rings. The van der Waals surface area contributed by atoms with Crippen LogP contribution in [0.25, 0.3) is 0 Å². The van der Waals surface area contributed by atoms with E-state index in [2.05, 4.69) is 14.9 Å². The number of anilines is 2. The van der Waals surface area contributed by atoms with Crippen LogP contribution in [0.2, 0.25) is 0 Å². The van der Waals surface area contributed by atoms with Gasteiger partial charge in [-0.1, -0.05) is 6.92 Å². The first kappa shape index (κ1) is 14.2. The minimum atomic E-state index is -3.74. The maximum atomic E-state index is 12.1. The number of benzene rings is 1. The summed E-state index contributed by atoms with van der Waals surface area (Å²) in [5.41, 5.74) is 5.93. The molecular weight excluding hydrogens is 280 g/mol. The van der Waals surface area contributed by atoms with Gasteiger partial charge in [0.05, 0.1) is 12.8 Å². The maximum absolute atomic E-state index is 12.1. The van der Waals surface area contributed by atoms with Crippen molar-refractivity contribution < 1.29 is 13.2 Å². The molecule has 0 unspecified atom stereocenters. The van der Waals surface area contributed by atoms with Gasteiger partial charge in [-0.05, 0) is 30.7 Å². The highest BCUT2D eigenvalue weighted by molar-refractivity contribution is 7.92. The number of nitrogens with zero attached hydrogens (tertiary/aromatic N) is 1. The summed E-state index contributed by atoms with van der Waals surface area (Å²) >= 11 is 0. The van der Waals surface area contributed by atoms with Gasteiger partial charge in [0.1, 0.15) is 16.5 Å². The van der Waals surface area contributed by atoms with Gasteiger partial charge in [0, 0.05) is 5.69 Å². The Kier molecular flexibility index (Phi) is 4.14. The molecule has 0 amide bonds. The summed E-state index contributed by atoms with van der Waals surface area (Å²) in [7, 11) is -3.74. The minimum absolute atomic E-state index is 0.000370. The molecule has 0 bridgehead atoms. The number of hydrogen-bond acceptors (Lipinski definition) is 5. The molecule has 0 aliphatic rings. The highest BCUT2D eigenvalue weighted by Gasteiger charge is 2.19. The van der Waals surface area contributed by atoms with Gasteiger partial charge in [-0.15, -0.1) is 0 Å². The van der Waals surface area contributed by atoms with Crippen LogP contribution in [0.4, 0.5) is 11.5 Å². The van der Waals surface area contributed by atoms with Crippen LogP contribution in [0.3, 0.4) is 0 Å². The summed E-state index contributed by atoms with van der Waals surface area (Å²) in [6, 6.07) is 6.65. The molecule has 0 saturated carbocycles. The molecule has 1 aromatic heterocycles. The molecule has 20 heavy (non-hydrogen) atoms. The monoisotopic (exact) mass is 296 g/mol. The van der Waals surface area contributed by atoms with Crippen LogP contribution in [0, 0.1) is 0 Å². The molecule has 0 aliphatic heterocycles. The van der Waals surface area contributed by atoms with Crippen LogP contribution in [0.5, 0.6) is 5.75 Å². The smallest absolute Gasteiger partial charge is 0.267 e. The fourth-order valence-corrected chi connectivity index (χ4v) is 2.63. The molecule has 0 saturated heterocycles. The predicted octanol–water partition coefficient (Wildman–Crippen LogP) is 1.58. The van der Waals surface area contributed by atoms with E-state index in [9.17, 15) is 8.42 Å². The molecule has 8 heteroatoms. The molecule has 0 radical (unpaired) electrons. The minimum Gasteiger partial charge on any atom is -0.494 e. The molecule has 108 valence electrons. The Bertz CT molecular complexity index is 664. The summed E-state index contributed by atoms with van der Waals surface area (Å²) in [6.07, 6.45) is 2.07. The molecule has 2 rings (SSSR count). The number of aromatic amines is 1. The topological polar surface area (TPSA) is 110 Å². The van der Waals surface area contributed by atoms with Crippen molar-refractivity contribution in [2.45, 2.75) is 18.2 Å². The Morgan fingerprint density at radius 2 is 2.05 bits per heavy atom. The van der Waals surface area contributed by atoms with Crippen molar-refractivity contribution in [2.75, 3.05) is 17.1 Å². The Hall–Kier alpha value is -2.22.